The van der Waals surface area contributed by atoms with E-state index < -0.39 is 5.82 Å². The second-order valence-corrected chi connectivity index (χ2v) is 10.5. The molecule has 2 aliphatic rings. The molecule has 3 heterocycles. The van der Waals surface area contributed by atoms with Gasteiger partial charge < -0.3 is 25.2 Å². The van der Waals surface area contributed by atoms with Crippen LogP contribution in [-0.4, -0.2) is 67.7 Å². The van der Waals surface area contributed by atoms with Crippen LogP contribution in [0.25, 0.3) is 0 Å². The van der Waals surface area contributed by atoms with E-state index in [1.165, 1.54) is 18.5 Å². The molecule has 12 heteroatoms. The lowest BCUT2D eigenvalue weighted by Gasteiger charge is -2.26. The SMILES string of the molecule is C=CC(=O)Nc1cc(Nc2cc(N3OCC[C@@H]3c3ccc(F)c(Cl)c3)ncn2)c(OC)cc1N1CC[C@H](N(C)C)C1. The number of halogens is 2. The third-order valence-corrected chi connectivity index (χ3v) is 7.66. The molecule has 0 aliphatic carbocycles. The highest BCUT2D eigenvalue weighted by Gasteiger charge is 2.30. The van der Waals surface area contributed by atoms with Crippen LogP contribution >= 0.6 is 11.6 Å². The molecule has 2 atom stereocenters. The average molecular weight is 582 g/mol. The van der Waals surface area contributed by atoms with Gasteiger partial charge in [-0.15, -0.1) is 0 Å². The lowest BCUT2D eigenvalue weighted by molar-refractivity contribution is -0.111. The highest BCUT2D eigenvalue weighted by molar-refractivity contribution is 6.30. The van der Waals surface area contributed by atoms with Gasteiger partial charge in [0.1, 0.15) is 23.7 Å². The molecule has 2 N–H and O–H groups in total. The van der Waals surface area contributed by atoms with Crippen molar-refractivity contribution >= 4 is 46.2 Å². The van der Waals surface area contributed by atoms with Crippen LogP contribution in [0.2, 0.25) is 5.02 Å². The summed E-state index contributed by atoms with van der Waals surface area (Å²) in [6.45, 7) is 5.74. The number of hydrogen-bond donors (Lipinski definition) is 2. The minimum Gasteiger partial charge on any atom is -0.494 e. The van der Waals surface area contributed by atoms with Crippen LogP contribution in [0.1, 0.15) is 24.4 Å². The van der Waals surface area contributed by atoms with Crippen LogP contribution in [0.4, 0.5) is 33.1 Å². The Morgan fingerprint density at radius 3 is 2.76 bits per heavy atom. The summed E-state index contributed by atoms with van der Waals surface area (Å²) in [4.78, 5) is 31.5. The first-order chi connectivity index (χ1) is 19.8. The van der Waals surface area contributed by atoms with Gasteiger partial charge in [-0.25, -0.2) is 19.4 Å². The summed E-state index contributed by atoms with van der Waals surface area (Å²) in [7, 11) is 5.74. The molecule has 0 unspecified atom stereocenters. The number of hydroxylamine groups is 1. The third-order valence-electron chi connectivity index (χ3n) is 7.37. The Labute approximate surface area is 243 Å². The van der Waals surface area contributed by atoms with Crippen molar-refractivity contribution in [3.63, 3.8) is 0 Å². The molecular weight excluding hydrogens is 549 g/mol. The van der Waals surface area contributed by atoms with Gasteiger partial charge in [-0.1, -0.05) is 24.2 Å². The van der Waals surface area contributed by atoms with Crippen LogP contribution in [0.15, 0.2) is 55.4 Å². The van der Waals surface area contributed by atoms with Gasteiger partial charge in [-0.05, 0) is 50.4 Å². The fourth-order valence-electron chi connectivity index (χ4n) is 5.15. The molecule has 1 aromatic heterocycles. The number of likely N-dealkylation sites (N-methyl/N-ethyl adjacent to an activating group) is 1. The van der Waals surface area contributed by atoms with Crippen LogP contribution in [0, 0.1) is 5.82 Å². The Kier molecular flexibility index (Phi) is 8.57. The number of nitrogens with one attached hydrogen (secondary N) is 2. The van der Waals surface area contributed by atoms with E-state index in [4.69, 9.17) is 21.2 Å². The number of benzene rings is 2. The second-order valence-electron chi connectivity index (χ2n) is 10.1. The van der Waals surface area contributed by atoms with E-state index in [-0.39, 0.29) is 17.0 Å². The number of hydrogen-bond acceptors (Lipinski definition) is 9. The van der Waals surface area contributed by atoms with Gasteiger partial charge in [0.2, 0.25) is 5.91 Å². The summed E-state index contributed by atoms with van der Waals surface area (Å²) in [6.07, 6.45) is 4.37. The number of amides is 1. The molecule has 216 valence electrons. The topological polar surface area (TPSA) is 95.1 Å². The van der Waals surface area contributed by atoms with E-state index in [1.807, 2.05) is 12.1 Å². The maximum Gasteiger partial charge on any atom is 0.247 e. The summed E-state index contributed by atoms with van der Waals surface area (Å²) in [5.41, 5.74) is 2.91. The molecule has 0 spiro atoms. The van der Waals surface area contributed by atoms with Crippen molar-refractivity contribution in [3.8, 4) is 5.75 Å². The van der Waals surface area contributed by atoms with Gasteiger partial charge in [0.05, 0.1) is 41.8 Å². The van der Waals surface area contributed by atoms with Crippen molar-refractivity contribution in [2.75, 3.05) is 61.5 Å². The summed E-state index contributed by atoms with van der Waals surface area (Å²) in [6, 6.07) is 10.4. The molecule has 0 saturated carbocycles. The molecule has 5 rings (SSSR count). The predicted octanol–water partition coefficient (Wildman–Crippen LogP) is 5.17. The van der Waals surface area contributed by atoms with Crippen LogP contribution < -0.4 is 25.3 Å². The van der Waals surface area contributed by atoms with E-state index in [0.29, 0.717) is 47.8 Å². The molecule has 2 aromatic carbocycles. The smallest absolute Gasteiger partial charge is 0.247 e. The number of carbonyl (C=O) groups excluding carboxylic acids is 1. The maximum atomic E-state index is 13.8. The van der Waals surface area contributed by atoms with Crippen LogP contribution in [-0.2, 0) is 9.63 Å². The van der Waals surface area contributed by atoms with Crippen LogP contribution in [0.5, 0.6) is 5.75 Å². The van der Waals surface area contributed by atoms with Gasteiger partial charge in [-0.2, -0.15) is 0 Å². The first kappa shape index (κ1) is 28.6. The highest BCUT2D eigenvalue weighted by atomic mass is 35.5. The highest BCUT2D eigenvalue weighted by Crippen LogP contribution is 2.41. The Balaban J connectivity index is 1.44. The van der Waals surface area contributed by atoms with Gasteiger partial charge in [0, 0.05) is 37.7 Å². The summed E-state index contributed by atoms with van der Waals surface area (Å²) in [5.74, 6) is 0.810. The number of nitrogens with zero attached hydrogens (tertiary/aromatic N) is 5. The quantitative estimate of drug-likeness (QED) is 0.332. The molecule has 2 fully saturated rings. The Morgan fingerprint density at radius 2 is 2.05 bits per heavy atom. The average Bonchev–Trinajstić information content (AvgIpc) is 3.66. The van der Waals surface area contributed by atoms with Crippen LogP contribution in [0.3, 0.4) is 0 Å². The Bertz CT molecular complexity index is 1440. The second kappa shape index (κ2) is 12.3. The van der Waals surface area contributed by atoms with Gasteiger partial charge in [-0.3, -0.25) is 9.63 Å². The number of ether oxygens (including phenoxy) is 1. The minimum absolute atomic E-state index is 0.0560. The number of anilines is 5. The van der Waals surface area contributed by atoms with Crippen molar-refractivity contribution in [2.45, 2.75) is 24.9 Å². The Morgan fingerprint density at radius 1 is 1.22 bits per heavy atom. The minimum atomic E-state index is -0.472. The molecule has 1 amide bonds. The number of methoxy groups -OCH3 is 1. The molecule has 41 heavy (non-hydrogen) atoms. The molecule has 2 aliphatic heterocycles. The van der Waals surface area contributed by atoms with Gasteiger partial charge in [0.15, 0.2) is 5.82 Å². The first-order valence-corrected chi connectivity index (χ1v) is 13.7. The number of aromatic nitrogens is 2. The first-order valence-electron chi connectivity index (χ1n) is 13.3. The number of rotatable bonds is 9. The lowest BCUT2D eigenvalue weighted by atomic mass is 10.0. The largest absolute Gasteiger partial charge is 0.494 e. The summed E-state index contributed by atoms with van der Waals surface area (Å²) in [5, 5.41) is 7.98. The summed E-state index contributed by atoms with van der Waals surface area (Å²) >= 11 is 6.04. The zero-order valence-corrected chi connectivity index (χ0v) is 24.0. The lowest BCUT2D eigenvalue weighted by Crippen LogP contribution is -2.31. The predicted molar refractivity (Wildman–Crippen MR) is 159 cm³/mol. The molecule has 10 nitrogen and oxygen atoms in total. The van der Waals surface area contributed by atoms with E-state index >= 15 is 0 Å². The fraction of sp³-hybridized carbons (Fsp3) is 0.345. The Hall–Kier alpha value is -3.93. The normalized spacial score (nSPS) is 18.6. The van der Waals surface area contributed by atoms with Crippen molar-refractivity contribution in [3.05, 3.63) is 71.8 Å². The van der Waals surface area contributed by atoms with E-state index in [1.54, 1.807) is 30.4 Å². The molecule has 3 aromatic rings. The van der Waals surface area contributed by atoms with E-state index in [2.05, 4.69) is 51.1 Å². The number of carbonyl (C=O) groups is 1. The summed E-state index contributed by atoms with van der Waals surface area (Å²) < 4.78 is 19.5. The molecular formula is C29H33ClFN7O3. The fourth-order valence-corrected chi connectivity index (χ4v) is 5.34. The zero-order valence-electron chi connectivity index (χ0n) is 23.2. The van der Waals surface area contributed by atoms with Crippen molar-refractivity contribution in [1.29, 1.82) is 0 Å². The van der Waals surface area contributed by atoms with Crippen molar-refractivity contribution in [2.24, 2.45) is 0 Å². The van der Waals surface area contributed by atoms with Gasteiger partial charge >= 0.3 is 0 Å². The standard InChI is InChI=1S/C29H33ClFN7O3/c1-5-29(39)35-22-13-23(26(40-4)14-25(22)37-10-8-19(16-37)36(2)3)34-27-15-28(33-17-32-27)38-24(9-11-41-38)18-6-7-21(31)20(30)12-18/h5-7,12-15,17,19,24H,1,8-11,16H2,2-4H3,(H,35,39)(H,32,33,34)/t19-,24+/m0/s1. The molecule has 0 radical (unpaired) electrons. The monoisotopic (exact) mass is 581 g/mol. The van der Waals surface area contributed by atoms with E-state index in [9.17, 15) is 9.18 Å². The third kappa shape index (κ3) is 6.22. The van der Waals surface area contributed by atoms with Gasteiger partial charge in [0.25, 0.3) is 0 Å². The maximum absolute atomic E-state index is 13.8. The molecule has 0 bridgehead atoms. The zero-order chi connectivity index (χ0) is 29.1. The van der Waals surface area contributed by atoms with Crippen molar-refractivity contribution in [1.82, 2.24) is 14.9 Å². The molecule has 2 saturated heterocycles. The van der Waals surface area contributed by atoms with Crippen molar-refractivity contribution < 1.29 is 18.8 Å². The van der Waals surface area contributed by atoms with E-state index in [0.717, 1.165) is 30.8 Å².